The van der Waals surface area contributed by atoms with Crippen LogP contribution in [0.3, 0.4) is 0 Å². The van der Waals surface area contributed by atoms with Crippen molar-refractivity contribution >= 4 is 17.9 Å². The predicted molar refractivity (Wildman–Crippen MR) is 349 cm³/mol. The first-order chi connectivity index (χ1) is 39.5. The smallest absolute Gasteiger partial charge is 0.306 e. The van der Waals surface area contributed by atoms with Gasteiger partial charge in [-0.25, -0.2) is 0 Å². The summed E-state index contributed by atoms with van der Waals surface area (Å²) in [5.41, 5.74) is 0. The van der Waals surface area contributed by atoms with Gasteiger partial charge in [0.2, 0.25) is 0 Å². The van der Waals surface area contributed by atoms with Crippen LogP contribution in [0.5, 0.6) is 0 Å². The van der Waals surface area contributed by atoms with Gasteiger partial charge >= 0.3 is 17.9 Å². The molecule has 80 heavy (non-hydrogen) atoms. The van der Waals surface area contributed by atoms with Crippen LogP contribution < -0.4 is 0 Å². The number of carbonyl (C=O) groups excluding carboxylic acids is 3. The zero-order valence-corrected chi connectivity index (χ0v) is 54.1. The van der Waals surface area contributed by atoms with Crippen LogP contribution in [0, 0.1) is 0 Å². The lowest BCUT2D eigenvalue weighted by atomic mass is 10.0. The molecule has 0 aromatic carbocycles. The normalized spacial score (nSPS) is 12.2. The second kappa shape index (κ2) is 69.1. The average molecular weight is 1120 g/mol. The summed E-state index contributed by atoms with van der Waals surface area (Å²) in [6.45, 7) is 6.64. The number of rotatable bonds is 67. The third-order valence-corrected chi connectivity index (χ3v) is 16.4. The number of ether oxygens (including phenoxy) is 3. The van der Waals surface area contributed by atoms with Crippen LogP contribution in [0.4, 0.5) is 0 Å². The van der Waals surface area contributed by atoms with Crippen molar-refractivity contribution in [2.75, 3.05) is 13.2 Å². The summed E-state index contributed by atoms with van der Waals surface area (Å²) in [5.74, 6) is -0.852. The fourth-order valence-corrected chi connectivity index (χ4v) is 10.9. The molecule has 1 atom stereocenters. The van der Waals surface area contributed by atoms with E-state index in [4.69, 9.17) is 14.2 Å². The van der Waals surface area contributed by atoms with E-state index in [2.05, 4.69) is 57.2 Å². The number of allylic oxidation sites excluding steroid dienone is 6. The fraction of sp³-hybridized carbons (Fsp3) is 0.878. The topological polar surface area (TPSA) is 78.9 Å². The van der Waals surface area contributed by atoms with E-state index in [1.165, 1.54) is 295 Å². The molecule has 0 fully saturated rings. The zero-order chi connectivity index (χ0) is 57.8. The summed E-state index contributed by atoms with van der Waals surface area (Å²) in [6, 6.07) is 0. The van der Waals surface area contributed by atoms with Gasteiger partial charge in [0.1, 0.15) is 13.2 Å². The maximum Gasteiger partial charge on any atom is 0.306 e. The quantitative estimate of drug-likeness (QED) is 0.0261. The molecular weight excluding hydrogens is 985 g/mol. The summed E-state index contributed by atoms with van der Waals surface area (Å²) < 4.78 is 16.9. The van der Waals surface area contributed by atoms with E-state index in [1.807, 2.05) is 0 Å². The molecule has 0 aliphatic carbocycles. The van der Waals surface area contributed by atoms with Crippen molar-refractivity contribution < 1.29 is 28.6 Å². The molecule has 0 aliphatic rings. The van der Waals surface area contributed by atoms with Crippen molar-refractivity contribution in [2.45, 2.75) is 406 Å². The number of esters is 3. The Balaban J connectivity index is 3.96. The lowest BCUT2D eigenvalue weighted by molar-refractivity contribution is -0.167. The predicted octanol–water partition coefficient (Wildman–Crippen LogP) is 24.7. The molecule has 1 unspecified atom stereocenters. The molecule has 0 spiro atoms. The van der Waals surface area contributed by atoms with E-state index >= 15 is 0 Å². The van der Waals surface area contributed by atoms with E-state index in [0.29, 0.717) is 19.3 Å². The molecule has 0 rings (SSSR count). The van der Waals surface area contributed by atoms with Crippen molar-refractivity contribution in [1.82, 2.24) is 0 Å². The number of hydrogen-bond donors (Lipinski definition) is 0. The number of carbonyl (C=O) groups is 3. The second-order valence-corrected chi connectivity index (χ2v) is 24.5. The highest BCUT2D eigenvalue weighted by atomic mass is 16.6. The number of hydrogen-bond acceptors (Lipinski definition) is 6. The van der Waals surface area contributed by atoms with Crippen LogP contribution in [0.15, 0.2) is 36.5 Å². The second-order valence-electron chi connectivity index (χ2n) is 24.5. The van der Waals surface area contributed by atoms with Gasteiger partial charge in [-0.2, -0.15) is 0 Å². The Morgan fingerprint density at radius 2 is 0.450 bits per heavy atom. The van der Waals surface area contributed by atoms with Gasteiger partial charge in [0.15, 0.2) is 6.10 Å². The third kappa shape index (κ3) is 66.4. The molecule has 0 saturated heterocycles. The summed E-state index contributed by atoms with van der Waals surface area (Å²) in [6.07, 6.45) is 86.4. The van der Waals surface area contributed by atoms with E-state index in [-0.39, 0.29) is 31.1 Å². The number of unbranched alkanes of at least 4 members (excludes halogenated alkanes) is 50. The fourth-order valence-electron chi connectivity index (χ4n) is 10.9. The van der Waals surface area contributed by atoms with Crippen molar-refractivity contribution in [3.63, 3.8) is 0 Å². The molecule has 0 aliphatic heterocycles. The molecule has 0 aromatic rings. The lowest BCUT2D eigenvalue weighted by Gasteiger charge is -2.18. The summed E-state index contributed by atoms with van der Waals surface area (Å²) in [7, 11) is 0. The van der Waals surface area contributed by atoms with Crippen LogP contribution >= 0.6 is 0 Å². The molecule has 0 saturated carbocycles. The molecule has 470 valence electrons. The minimum atomic E-state index is -0.770. The van der Waals surface area contributed by atoms with Crippen molar-refractivity contribution in [3.8, 4) is 0 Å². The molecule has 0 N–H and O–H groups in total. The van der Waals surface area contributed by atoms with Gasteiger partial charge in [-0.15, -0.1) is 0 Å². The highest BCUT2D eigenvalue weighted by molar-refractivity contribution is 5.71. The Morgan fingerprint density at radius 1 is 0.250 bits per heavy atom. The zero-order valence-electron chi connectivity index (χ0n) is 54.1. The molecule has 6 heteroatoms. The van der Waals surface area contributed by atoms with Crippen LogP contribution in [0.1, 0.15) is 400 Å². The van der Waals surface area contributed by atoms with Gasteiger partial charge in [0.25, 0.3) is 0 Å². The SMILES string of the molecule is CCCCC/C=C\C/C=C\CCCCCCCCCCCC(=O)OC(COC(=O)CCCCCCCCCC)COC(=O)CCCCCCCCCCCCCCCCCCCCCCCCC/C=C\CCCCCCCCCC. The van der Waals surface area contributed by atoms with Crippen LogP contribution in [0.2, 0.25) is 0 Å². The van der Waals surface area contributed by atoms with Crippen molar-refractivity contribution in [3.05, 3.63) is 36.5 Å². The standard InChI is InChI=1S/C74H138O6/c1-4-7-10-13-16-19-21-23-25-27-29-30-31-32-33-34-35-36-37-38-39-40-41-42-43-44-46-47-49-51-53-55-58-61-64-67-73(76)79-70-71(69-78-72(75)66-63-60-57-18-15-12-9-6-3)80-74(77)68-65-62-59-56-54-52-50-48-45-28-26-24-22-20-17-14-11-8-5-2/h17,20,24,26-27,29,71H,4-16,18-19,21-23,25,28,30-70H2,1-3H3/b20-17-,26-24-,29-27-. The minimum absolute atomic E-state index is 0.0685. The first kappa shape index (κ1) is 77.6. The first-order valence-corrected chi connectivity index (χ1v) is 36.0. The highest BCUT2D eigenvalue weighted by Crippen LogP contribution is 2.19. The third-order valence-electron chi connectivity index (χ3n) is 16.4. The molecule has 0 aromatic heterocycles. The molecule has 0 amide bonds. The average Bonchev–Trinajstić information content (AvgIpc) is 3.46. The van der Waals surface area contributed by atoms with Gasteiger partial charge in [0, 0.05) is 19.3 Å². The van der Waals surface area contributed by atoms with Gasteiger partial charge in [-0.05, 0) is 77.0 Å². The van der Waals surface area contributed by atoms with E-state index < -0.39 is 6.10 Å². The molecular formula is C74H138O6. The Morgan fingerprint density at radius 3 is 0.725 bits per heavy atom. The molecule has 6 nitrogen and oxygen atoms in total. The molecule has 0 radical (unpaired) electrons. The van der Waals surface area contributed by atoms with Gasteiger partial charge in [-0.3, -0.25) is 14.4 Å². The Bertz CT molecular complexity index is 1340. The molecule has 0 heterocycles. The Labute approximate surface area is 499 Å². The summed E-state index contributed by atoms with van der Waals surface area (Å²) in [4.78, 5) is 38.2. The largest absolute Gasteiger partial charge is 0.462 e. The van der Waals surface area contributed by atoms with Crippen LogP contribution in [-0.4, -0.2) is 37.2 Å². The monoisotopic (exact) mass is 1120 g/mol. The lowest BCUT2D eigenvalue weighted by Crippen LogP contribution is -2.30. The Kier molecular flexibility index (Phi) is 67.1. The van der Waals surface area contributed by atoms with Crippen LogP contribution in [-0.2, 0) is 28.6 Å². The minimum Gasteiger partial charge on any atom is -0.462 e. The van der Waals surface area contributed by atoms with Gasteiger partial charge in [0.05, 0.1) is 0 Å². The summed E-state index contributed by atoms with van der Waals surface area (Å²) >= 11 is 0. The van der Waals surface area contributed by atoms with Crippen LogP contribution in [0.25, 0.3) is 0 Å². The first-order valence-electron chi connectivity index (χ1n) is 36.0. The highest BCUT2D eigenvalue weighted by Gasteiger charge is 2.19. The van der Waals surface area contributed by atoms with E-state index in [0.717, 1.165) is 64.2 Å². The maximum atomic E-state index is 12.9. The van der Waals surface area contributed by atoms with Crippen molar-refractivity contribution in [2.24, 2.45) is 0 Å². The van der Waals surface area contributed by atoms with E-state index in [1.54, 1.807) is 0 Å². The van der Waals surface area contributed by atoms with Gasteiger partial charge in [-0.1, -0.05) is 340 Å². The summed E-state index contributed by atoms with van der Waals surface area (Å²) in [5, 5.41) is 0. The maximum absolute atomic E-state index is 12.9. The van der Waals surface area contributed by atoms with E-state index in [9.17, 15) is 14.4 Å². The Hall–Kier alpha value is -2.37. The van der Waals surface area contributed by atoms with Crippen molar-refractivity contribution in [1.29, 1.82) is 0 Å². The molecule has 0 bridgehead atoms. The van der Waals surface area contributed by atoms with Gasteiger partial charge < -0.3 is 14.2 Å².